The number of aliphatic hydroxyl groups excluding tert-OH is 1. The molecule has 0 spiro atoms. The summed E-state index contributed by atoms with van der Waals surface area (Å²) in [6, 6.07) is 6.15. The molecule has 0 aliphatic rings. The van der Waals surface area contributed by atoms with Gasteiger partial charge in [0.25, 0.3) is 0 Å². The zero-order valence-corrected chi connectivity index (χ0v) is 12.8. The third-order valence-corrected chi connectivity index (χ3v) is 5.07. The molecule has 1 N–H and O–H groups in total. The predicted molar refractivity (Wildman–Crippen MR) is 76.9 cm³/mol. The van der Waals surface area contributed by atoms with E-state index in [0.717, 1.165) is 6.42 Å². The summed E-state index contributed by atoms with van der Waals surface area (Å²) in [5, 5.41) is 18.2. The maximum Gasteiger partial charge on any atom is 0.244 e. The van der Waals surface area contributed by atoms with E-state index in [1.165, 1.54) is 22.5 Å². The van der Waals surface area contributed by atoms with Crippen molar-refractivity contribution < 1.29 is 13.5 Å². The molecule has 0 aliphatic heterocycles. The molecular weight excluding hydrogens is 300 g/mol. The fourth-order valence-corrected chi connectivity index (χ4v) is 3.67. The van der Waals surface area contributed by atoms with Crippen molar-refractivity contribution in [3.63, 3.8) is 0 Å². The van der Waals surface area contributed by atoms with Crippen LogP contribution in [-0.4, -0.2) is 37.5 Å². The first-order valence-electron chi connectivity index (χ1n) is 6.28. The second-order valence-electron chi connectivity index (χ2n) is 4.21. The monoisotopic (exact) mass is 316 g/mol. The maximum atomic E-state index is 12.6. The van der Waals surface area contributed by atoms with Gasteiger partial charge < -0.3 is 5.11 Å². The van der Waals surface area contributed by atoms with Crippen LogP contribution in [0, 0.1) is 11.3 Å². The minimum Gasteiger partial charge on any atom is -0.395 e. The lowest BCUT2D eigenvalue weighted by molar-refractivity contribution is 0.252. The molecule has 110 valence electrons. The molecule has 1 rings (SSSR count). The molecule has 0 atom stereocenters. The average Bonchev–Trinajstić information content (AvgIpc) is 2.42. The van der Waals surface area contributed by atoms with Crippen LogP contribution in [0.1, 0.15) is 25.3 Å². The number of benzene rings is 1. The van der Waals surface area contributed by atoms with Gasteiger partial charge in [-0.15, -0.1) is 0 Å². The van der Waals surface area contributed by atoms with Crippen LogP contribution in [0.25, 0.3) is 0 Å². The van der Waals surface area contributed by atoms with Gasteiger partial charge in [-0.2, -0.15) is 9.57 Å². The third-order valence-electron chi connectivity index (χ3n) is 2.82. The number of aliphatic hydroxyl groups is 1. The average molecular weight is 317 g/mol. The summed E-state index contributed by atoms with van der Waals surface area (Å²) in [5.41, 5.74) is -0.0615. The second-order valence-corrected chi connectivity index (χ2v) is 6.52. The van der Waals surface area contributed by atoms with Gasteiger partial charge in [-0.05, 0) is 18.6 Å². The van der Waals surface area contributed by atoms with Gasteiger partial charge in [0, 0.05) is 13.1 Å². The van der Waals surface area contributed by atoms with Gasteiger partial charge in [0.15, 0.2) is 0 Å². The summed E-state index contributed by atoms with van der Waals surface area (Å²) in [6.07, 6.45) is 1.51. The molecule has 20 heavy (non-hydrogen) atoms. The molecule has 0 bridgehead atoms. The molecule has 0 saturated heterocycles. The molecule has 0 aliphatic carbocycles. The van der Waals surface area contributed by atoms with Crippen LogP contribution < -0.4 is 0 Å². The first kappa shape index (κ1) is 16.9. The van der Waals surface area contributed by atoms with E-state index in [2.05, 4.69) is 0 Å². The van der Waals surface area contributed by atoms with E-state index >= 15 is 0 Å². The lowest BCUT2D eigenvalue weighted by Gasteiger charge is -2.21. The molecule has 0 amide bonds. The predicted octanol–water partition coefficient (Wildman–Crippen LogP) is 1.99. The van der Waals surface area contributed by atoms with Gasteiger partial charge in [0.05, 0.1) is 17.2 Å². The minimum atomic E-state index is -3.83. The van der Waals surface area contributed by atoms with Crippen molar-refractivity contribution in [3.8, 4) is 6.07 Å². The maximum absolute atomic E-state index is 12.6. The lowest BCUT2D eigenvalue weighted by Crippen LogP contribution is -2.34. The Morgan fingerprint density at radius 1 is 1.40 bits per heavy atom. The van der Waals surface area contributed by atoms with Gasteiger partial charge in [0.1, 0.15) is 11.0 Å². The first-order chi connectivity index (χ1) is 9.48. The lowest BCUT2D eigenvalue weighted by atomic mass is 10.2. The molecule has 0 aromatic heterocycles. The van der Waals surface area contributed by atoms with Gasteiger partial charge in [-0.25, -0.2) is 8.42 Å². The Labute approximate surface area is 124 Å². The number of halogens is 1. The van der Waals surface area contributed by atoms with Crippen LogP contribution in [0.4, 0.5) is 0 Å². The van der Waals surface area contributed by atoms with Crippen molar-refractivity contribution in [3.05, 3.63) is 28.8 Å². The van der Waals surface area contributed by atoms with E-state index < -0.39 is 10.0 Å². The van der Waals surface area contributed by atoms with E-state index in [1.54, 1.807) is 0 Å². The number of nitriles is 1. The van der Waals surface area contributed by atoms with Crippen LogP contribution in [-0.2, 0) is 10.0 Å². The molecule has 0 radical (unpaired) electrons. The number of unbranched alkanes of at least 4 members (excludes halogenated alkanes) is 1. The number of nitrogens with zero attached hydrogens (tertiary/aromatic N) is 2. The molecular formula is C13H17ClN2O3S. The van der Waals surface area contributed by atoms with Gasteiger partial charge >= 0.3 is 0 Å². The summed E-state index contributed by atoms with van der Waals surface area (Å²) >= 11 is 5.87. The van der Waals surface area contributed by atoms with E-state index in [9.17, 15) is 8.42 Å². The highest BCUT2D eigenvalue weighted by Crippen LogP contribution is 2.25. The Kier molecular flexibility index (Phi) is 6.43. The van der Waals surface area contributed by atoms with Crippen molar-refractivity contribution in [2.75, 3.05) is 19.7 Å². The summed E-state index contributed by atoms with van der Waals surface area (Å²) in [6.45, 7) is 1.98. The summed E-state index contributed by atoms with van der Waals surface area (Å²) in [7, 11) is -3.83. The van der Waals surface area contributed by atoms with Crippen LogP contribution in [0.15, 0.2) is 23.1 Å². The van der Waals surface area contributed by atoms with Crippen molar-refractivity contribution in [2.45, 2.75) is 24.7 Å². The highest BCUT2D eigenvalue weighted by Gasteiger charge is 2.27. The van der Waals surface area contributed by atoms with E-state index in [-0.39, 0.29) is 28.6 Å². The molecule has 1 aromatic carbocycles. The summed E-state index contributed by atoms with van der Waals surface area (Å²) < 4.78 is 26.3. The summed E-state index contributed by atoms with van der Waals surface area (Å²) in [5.74, 6) is 0. The first-order valence-corrected chi connectivity index (χ1v) is 8.10. The Morgan fingerprint density at radius 2 is 2.10 bits per heavy atom. The van der Waals surface area contributed by atoms with Gasteiger partial charge in [0.2, 0.25) is 10.0 Å². The Morgan fingerprint density at radius 3 is 2.65 bits per heavy atom. The van der Waals surface area contributed by atoms with Crippen LogP contribution in [0.3, 0.4) is 0 Å². The third kappa shape index (κ3) is 3.70. The van der Waals surface area contributed by atoms with Crippen LogP contribution >= 0.6 is 11.6 Å². The second kappa shape index (κ2) is 7.60. The van der Waals surface area contributed by atoms with Crippen molar-refractivity contribution >= 4 is 21.6 Å². The molecule has 0 unspecified atom stereocenters. The van der Waals surface area contributed by atoms with Gasteiger partial charge in [-0.3, -0.25) is 0 Å². The molecule has 0 saturated carbocycles. The van der Waals surface area contributed by atoms with Crippen LogP contribution in [0.5, 0.6) is 0 Å². The molecule has 7 heteroatoms. The Bertz CT molecular complexity index is 596. The highest BCUT2D eigenvalue weighted by atomic mass is 35.5. The highest BCUT2D eigenvalue weighted by molar-refractivity contribution is 7.89. The quantitative estimate of drug-likeness (QED) is 0.834. The van der Waals surface area contributed by atoms with Crippen molar-refractivity contribution in [1.82, 2.24) is 4.31 Å². The van der Waals surface area contributed by atoms with Crippen molar-refractivity contribution in [2.24, 2.45) is 0 Å². The number of hydrogen-bond donors (Lipinski definition) is 1. The van der Waals surface area contributed by atoms with E-state index in [0.29, 0.717) is 13.0 Å². The van der Waals surface area contributed by atoms with Crippen LogP contribution in [0.2, 0.25) is 5.02 Å². The molecule has 5 nitrogen and oxygen atoms in total. The van der Waals surface area contributed by atoms with Crippen molar-refractivity contribution in [1.29, 1.82) is 5.26 Å². The number of rotatable bonds is 7. The number of sulfonamides is 1. The SMILES string of the molecule is CCCCN(CCO)S(=O)(=O)c1cccc(Cl)c1C#N. The fraction of sp³-hybridized carbons (Fsp3) is 0.462. The van der Waals surface area contributed by atoms with E-state index in [4.69, 9.17) is 22.0 Å². The normalized spacial score (nSPS) is 11.6. The topological polar surface area (TPSA) is 81.4 Å². The minimum absolute atomic E-state index is 0.000283. The fourth-order valence-electron chi connectivity index (χ4n) is 1.77. The molecule has 0 heterocycles. The van der Waals surface area contributed by atoms with Gasteiger partial charge in [-0.1, -0.05) is 31.0 Å². The summed E-state index contributed by atoms with van der Waals surface area (Å²) in [4.78, 5) is -0.114. The standard InChI is InChI=1S/C13H17ClN2O3S/c1-2-3-7-16(8-9-17)20(18,19)13-6-4-5-12(14)11(13)10-15/h4-6,17H,2-3,7-9H2,1H3. The molecule has 1 aromatic rings. The zero-order valence-electron chi connectivity index (χ0n) is 11.2. The molecule has 0 fully saturated rings. The zero-order chi connectivity index (χ0) is 15.2. The Balaban J connectivity index is 3.26. The van der Waals surface area contributed by atoms with E-state index in [1.807, 2.05) is 13.0 Å². The smallest absolute Gasteiger partial charge is 0.244 e. The number of hydrogen-bond acceptors (Lipinski definition) is 4. The Hall–Kier alpha value is -1.13. The largest absolute Gasteiger partial charge is 0.395 e.